The van der Waals surface area contributed by atoms with Gasteiger partial charge in [0.15, 0.2) is 0 Å². The Hall–Kier alpha value is -3.75. The number of para-hydroxylation sites is 1. The number of amides is 1. The van der Waals surface area contributed by atoms with Gasteiger partial charge in [0.05, 0.1) is 29.1 Å². The molecule has 1 saturated heterocycles. The van der Waals surface area contributed by atoms with E-state index in [9.17, 15) is 9.59 Å². The van der Waals surface area contributed by atoms with Gasteiger partial charge in [0.2, 0.25) is 11.8 Å². The average molecular weight is 419 g/mol. The summed E-state index contributed by atoms with van der Waals surface area (Å²) in [7, 11) is 0. The van der Waals surface area contributed by atoms with Crippen molar-refractivity contribution in [1.82, 2.24) is 24.6 Å². The summed E-state index contributed by atoms with van der Waals surface area (Å²) >= 11 is 0. The summed E-state index contributed by atoms with van der Waals surface area (Å²) in [5.74, 6) is 1.20. The molecule has 0 aliphatic carbocycles. The van der Waals surface area contributed by atoms with E-state index in [2.05, 4.69) is 15.2 Å². The van der Waals surface area contributed by atoms with E-state index < -0.39 is 0 Å². The fraction of sp³-hybridized carbons (Fsp3) is 0.318. The monoisotopic (exact) mass is 419 g/mol. The molecule has 1 aromatic carbocycles. The van der Waals surface area contributed by atoms with Gasteiger partial charge < -0.3 is 13.7 Å². The molecule has 0 radical (unpaired) electrons. The molecule has 1 aliphatic rings. The minimum Gasteiger partial charge on any atom is -0.472 e. The van der Waals surface area contributed by atoms with E-state index in [-0.39, 0.29) is 23.8 Å². The number of aromatic nitrogens is 4. The van der Waals surface area contributed by atoms with E-state index in [0.717, 1.165) is 18.4 Å². The third-order valence-corrected chi connectivity index (χ3v) is 5.70. The number of likely N-dealkylation sites (tertiary alicyclic amines) is 1. The summed E-state index contributed by atoms with van der Waals surface area (Å²) in [5.41, 5.74) is 1.29. The maximum atomic E-state index is 12.7. The van der Waals surface area contributed by atoms with Crippen LogP contribution in [-0.2, 0) is 11.3 Å². The number of piperidine rings is 1. The number of furan rings is 1. The highest BCUT2D eigenvalue weighted by molar-refractivity contribution is 5.77. The number of benzene rings is 1. The first kappa shape index (κ1) is 19.2. The summed E-state index contributed by atoms with van der Waals surface area (Å²) in [6, 6.07) is 8.99. The van der Waals surface area contributed by atoms with Crippen LogP contribution in [0.3, 0.4) is 0 Å². The number of carbonyl (C=O) groups is 1. The van der Waals surface area contributed by atoms with Crippen LogP contribution < -0.4 is 5.56 Å². The smallest absolute Gasteiger partial charge is 0.261 e. The van der Waals surface area contributed by atoms with E-state index in [4.69, 9.17) is 8.83 Å². The molecule has 1 amide bonds. The highest BCUT2D eigenvalue weighted by atomic mass is 16.4. The first-order chi connectivity index (χ1) is 15.2. The van der Waals surface area contributed by atoms with Gasteiger partial charge in [0.1, 0.15) is 6.26 Å². The first-order valence-corrected chi connectivity index (χ1v) is 10.3. The van der Waals surface area contributed by atoms with Crippen molar-refractivity contribution in [2.45, 2.75) is 31.7 Å². The molecule has 1 fully saturated rings. The highest BCUT2D eigenvalue weighted by Gasteiger charge is 2.27. The summed E-state index contributed by atoms with van der Waals surface area (Å²) in [5, 5.41) is 8.82. The second-order valence-electron chi connectivity index (χ2n) is 7.62. The van der Waals surface area contributed by atoms with Gasteiger partial charge in [-0.3, -0.25) is 14.2 Å². The van der Waals surface area contributed by atoms with Crippen LogP contribution in [-0.4, -0.2) is 43.6 Å². The Labute approximate surface area is 177 Å². The number of rotatable bonds is 5. The van der Waals surface area contributed by atoms with Crippen molar-refractivity contribution in [3.8, 4) is 11.5 Å². The van der Waals surface area contributed by atoms with Crippen LogP contribution in [0.2, 0.25) is 0 Å². The van der Waals surface area contributed by atoms with Crippen LogP contribution >= 0.6 is 0 Å². The molecule has 158 valence electrons. The molecule has 4 heterocycles. The molecule has 0 saturated carbocycles. The zero-order valence-corrected chi connectivity index (χ0v) is 16.8. The molecule has 5 rings (SSSR count). The quantitative estimate of drug-likeness (QED) is 0.489. The van der Waals surface area contributed by atoms with Crippen molar-refractivity contribution in [2.75, 3.05) is 13.1 Å². The zero-order valence-electron chi connectivity index (χ0n) is 16.8. The summed E-state index contributed by atoms with van der Waals surface area (Å²) in [6.07, 6.45) is 6.42. The molecule has 31 heavy (non-hydrogen) atoms. The molecule has 4 aromatic rings. The third-order valence-electron chi connectivity index (χ3n) is 5.70. The molecular weight excluding hydrogens is 398 g/mol. The lowest BCUT2D eigenvalue weighted by Gasteiger charge is -2.30. The normalized spacial score (nSPS) is 14.9. The molecule has 3 aromatic heterocycles. The lowest BCUT2D eigenvalue weighted by Crippen LogP contribution is -2.38. The number of nitrogens with zero attached hydrogens (tertiary/aromatic N) is 5. The SMILES string of the molecule is O=C(CCn1cnc2ccccc2c1=O)N1CCC(c2nnc(-c3ccoc3)o2)CC1. The molecule has 0 spiro atoms. The predicted molar refractivity (Wildman–Crippen MR) is 111 cm³/mol. The highest BCUT2D eigenvalue weighted by Crippen LogP contribution is 2.29. The van der Waals surface area contributed by atoms with Crippen molar-refractivity contribution >= 4 is 16.8 Å². The van der Waals surface area contributed by atoms with E-state index in [1.165, 1.54) is 10.9 Å². The van der Waals surface area contributed by atoms with E-state index in [1.807, 2.05) is 17.0 Å². The molecule has 0 atom stereocenters. The number of hydrogen-bond donors (Lipinski definition) is 0. The molecular formula is C22H21N5O4. The van der Waals surface area contributed by atoms with Crippen molar-refractivity contribution in [3.05, 3.63) is 65.4 Å². The van der Waals surface area contributed by atoms with E-state index >= 15 is 0 Å². The van der Waals surface area contributed by atoms with Crippen LogP contribution in [0.15, 0.2) is 62.8 Å². The maximum absolute atomic E-state index is 12.7. The van der Waals surface area contributed by atoms with Gasteiger partial charge in [-0.2, -0.15) is 0 Å². The van der Waals surface area contributed by atoms with Gasteiger partial charge in [0.25, 0.3) is 11.4 Å². The molecule has 0 bridgehead atoms. The lowest BCUT2D eigenvalue weighted by molar-refractivity contribution is -0.132. The van der Waals surface area contributed by atoms with Crippen LogP contribution in [0.1, 0.15) is 31.1 Å². The Balaban J connectivity index is 1.17. The van der Waals surface area contributed by atoms with Gasteiger partial charge in [-0.25, -0.2) is 4.98 Å². The Morgan fingerprint density at radius 1 is 1.13 bits per heavy atom. The van der Waals surface area contributed by atoms with Crippen LogP contribution in [0, 0.1) is 0 Å². The standard InChI is InChI=1S/C22H21N5O4/c28-19(7-11-27-14-23-18-4-2-1-3-17(18)22(27)29)26-9-5-15(6-10-26)20-24-25-21(31-20)16-8-12-30-13-16/h1-4,8,12-15H,5-7,9-11H2. The van der Waals surface area contributed by atoms with Crippen LogP contribution in [0.4, 0.5) is 0 Å². The Bertz CT molecular complexity index is 1250. The van der Waals surface area contributed by atoms with Crippen LogP contribution in [0.25, 0.3) is 22.4 Å². The van der Waals surface area contributed by atoms with Crippen molar-refractivity contribution in [1.29, 1.82) is 0 Å². The Kier molecular flexibility index (Phi) is 5.07. The molecule has 9 heteroatoms. The molecule has 9 nitrogen and oxygen atoms in total. The minimum atomic E-state index is -0.123. The van der Waals surface area contributed by atoms with E-state index in [0.29, 0.717) is 42.3 Å². The van der Waals surface area contributed by atoms with Crippen molar-refractivity contribution in [2.24, 2.45) is 0 Å². The average Bonchev–Trinajstić information content (AvgIpc) is 3.51. The first-order valence-electron chi connectivity index (χ1n) is 10.3. The van der Waals surface area contributed by atoms with Crippen molar-refractivity contribution in [3.63, 3.8) is 0 Å². The number of aryl methyl sites for hydroxylation is 1. The lowest BCUT2D eigenvalue weighted by atomic mass is 9.96. The maximum Gasteiger partial charge on any atom is 0.261 e. The largest absolute Gasteiger partial charge is 0.472 e. The number of hydrogen-bond acceptors (Lipinski definition) is 7. The minimum absolute atomic E-state index is 0.0307. The second-order valence-corrected chi connectivity index (χ2v) is 7.62. The molecule has 0 N–H and O–H groups in total. The summed E-state index contributed by atoms with van der Waals surface area (Å²) in [6.45, 7) is 1.56. The van der Waals surface area contributed by atoms with Gasteiger partial charge in [-0.15, -0.1) is 10.2 Å². The Morgan fingerprint density at radius 2 is 1.97 bits per heavy atom. The summed E-state index contributed by atoms with van der Waals surface area (Å²) in [4.78, 5) is 31.4. The third kappa shape index (κ3) is 3.86. The van der Waals surface area contributed by atoms with Gasteiger partial charge in [-0.05, 0) is 31.0 Å². The number of fused-ring (bicyclic) bond motifs is 1. The fourth-order valence-electron chi connectivity index (χ4n) is 3.92. The molecule has 1 aliphatic heterocycles. The molecule has 0 unspecified atom stereocenters. The zero-order chi connectivity index (χ0) is 21.2. The predicted octanol–water partition coefficient (Wildman–Crippen LogP) is 2.84. The van der Waals surface area contributed by atoms with Gasteiger partial charge >= 0.3 is 0 Å². The van der Waals surface area contributed by atoms with Gasteiger partial charge in [0, 0.05) is 32.0 Å². The summed E-state index contributed by atoms with van der Waals surface area (Å²) < 4.78 is 12.3. The van der Waals surface area contributed by atoms with Crippen molar-refractivity contribution < 1.29 is 13.6 Å². The fourth-order valence-corrected chi connectivity index (χ4v) is 3.92. The van der Waals surface area contributed by atoms with E-state index in [1.54, 1.807) is 30.7 Å². The Morgan fingerprint density at radius 3 is 2.77 bits per heavy atom. The number of carbonyl (C=O) groups excluding carboxylic acids is 1. The topological polar surface area (TPSA) is 107 Å². The van der Waals surface area contributed by atoms with Crippen LogP contribution in [0.5, 0.6) is 0 Å². The second kappa shape index (κ2) is 8.17. The van der Waals surface area contributed by atoms with Gasteiger partial charge in [-0.1, -0.05) is 12.1 Å².